The molecule has 0 saturated carbocycles. The minimum Gasteiger partial charge on any atom is -0.333 e. The van der Waals surface area contributed by atoms with Crippen LogP contribution < -0.4 is 4.90 Å². The summed E-state index contributed by atoms with van der Waals surface area (Å²) in [6.45, 7) is 0. The van der Waals surface area contributed by atoms with Gasteiger partial charge in [0.15, 0.2) is 17.5 Å². The Morgan fingerprint density at radius 1 is 0.293 bits per heavy atom. The average molecular weight is 959 g/mol. The van der Waals surface area contributed by atoms with E-state index in [1.54, 1.807) is 0 Å². The van der Waals surface area contributed by atoms with Crippen LogP contribution in [-0.2, 0) is 0 Å². The lowest BCUT2D eigenvalue weighted by Crippen LogP contribution is -2.28. The van der Waals surface area contributed by atoms with Crippen molar-refractivity contribution in [3.05, 3.63) is 273 Å². The van der Waals surface area contributed by atoms with Gasteiger partial charge in [0.25, 0.3) is 0 Å². The third kappa shape index (κ3) is 7.13. The van der Waals surface area contributed by atoms with Crippen LogP contribution in [0.5, 0.6) is 0 Å². The van der Waals surface area contributed by atoms with E-state index in [-0.39, 0.29) is 12.0 Å². The molecular weight excluding hydrogens is 913 g/mol. The maximum atomic E-state index is 5.04. The van der Waals surface area contributed by atoms with E-state index in [2.05, 4.69) is 220 Å². The summed E-state index contributed by atoms with van der Waals surface area (Å²) in [4.78, 5) is 17.5. The smallest absolute Gasteiger partial charge is 0.164 e. The maximum absolute atomic E-state index is 5.04. The van der Waals surface area contributed by atoms with Crippen molar-refractivity contribution in [3.63, 3.8) is 0 Å². The van der Waals surface area contributed by atoms with E-state index in [4.69, 9.17) is 15.0 Å². The fourth-order valence-electron chi connectivity index (χ4n) is 11.8. The average Bonchev–Trinajstić information content (AvgIpc) is 4.18. The Labute approximate surface area is 434 Å². The zero-order valence-corrected chi connectivity index (χ0v) is 40.7. The molecule has 1 aliphatic heterocycles. The van der Waals surface area contributed by atoms with E-state index < -0.39 is 0 Å². The first-order chi connectivity index (χ1) is 37.2. The van der Waals surface area contributed by atoms with Gasteiger partial charge in [-0.25, -0.2) is 15.0 Å². The first-order valence-corrected chi connectivity index (χ1v) is 25.7. The number of hydrogen-bond donors (Lipinski definition) is 0. The van der Waals surface area contributed by atoms with Crippen molar-refractivity contribution in [2.75, 3.05) is 4.90 Å². The Balaban J connectivity index is 0.881. The van der Waals surface area contributed by atoms with Gasteiger partial charge in [0.2, 0.25) is 0 Å². The van der Waals surface area contributed by atoms with Crippen LogP contribution in [0, 0.1) is 0 Å². The highest BCUT2D eigenvalue weighted by molar-refractivity contribution is 6.13. The molecular formula is C69H46N6. The van der Waals surface area contributed by atoms with Crippen LogP contribution in [0.1, 0.15) is 11.5 Å². The zero-order chi connectivity index (χ0) is 49.4. The van der Waals surface area contributed by atoms with Crippen molar-refractivity contribution in [2.45, 2.75) is 12.0 Å². The summed E-state index contributed by atoms with van der Waals surface area (Å²) in [5.41, 5.74) is 18.2. The lowest BCUT2D eigenvalue weighted by molar-refractivity contribution is 0.745. The van der Waals surface area contributed by atoms with Crippen molar-refractivity contribution in [1.82, 2.24) is 24.1 Å². The second-order valence-electron chi connectivity index (χ2n) is 19.6. The largest absolute Gasteiger partial charge is 0.333 e. The van der Waals surface area contributed by atoms with Crippen molar-refractivity contribution in [1.29, 1.82) is 0 Å². The minimum absolute atomic E-state index is 0.226. The first kappa shape index (κ1) is 42.7. The van der Waals surface area contributed by atoms with Gasteiger partial charge >= 0.3 is 0 Å². The first-order valence-electron chi connectivity index (χ1n) is 25.7. The summed E-state index contributed by atoms with van der Waals surface area (Å²) in [6, 6.07) is 87.4. The summed E-state index contributed by atoms with van der Waals surface area (Å²) in [6.07, 6.45) is 9.09. The van der Waals surface area contributed by atoms with E-state index in [1.165, 1.54) is 71.8 Å². The Kier molecular flexibility index (Phi) is 9.91. The molecule has 0 saturated heterocycles. The van der Waals surface area contributed by atoms with E-state index in [0.29, 0.717) is 17.5 Å². The van der Waals surface area contributed by atoms with E-state index in [0.717, 1.165) is 39.1 Å². The van der Waals surface area contributed by atoms with Gasteiger partial charge in [-0.3, -0.25) is 0 Å². The second kappa shape index (κ2) is 17.4. The Morgan fingerprint density at radius 3 is 1.25 bits per heavy atom. The van der Waals surface area contributed by atoms with E-state index in [9.17, 15) is 0 Å². The SMILES string of the molecule is C1=CC2c3cc(-c4ccc5c(c4)c4cc(-c6ccc7c(c6)c6ccccc6n7-c6ccccc6)ccc4n5-c4ccc(-c5nc(-c6ccccc6)nc(-c6ccccc6)n5)cc4)ccc3N(c3ccccc3)C2C=C1. The highest BCUT2D eigenvalue weighted by Gasteiger charge is 2.37. The number of allylic oxidation sites excluding steroid dienone is 2. The van der Waals surface area contributed by atoms with Crippen molar-refractivity contribution in [3.8, 4) is 67.8 Å². The van der Waals surface area contributed by atoms with Crippen LogP contribution in [0.15, 0.2) is 267 Å². The normalized spacial score (nSPS) is 14.8. The zero-order valence-electron chi connectivity index (χ0n) is 40.7. The molecule has 15 rings (SSSR count). The number of fused-ring (bicyclic) bond motifs is 9. The Bertz CT molecular complexity index is 4340. The number of para-hydroxylation sites is 3. The van der Waals surface area contributed by atoms with Gasteiger partial charge in [0.05, 0.1) is 28.1 Å². The summed E-state index contributed by atoms with van der Waals surface area (Å²) in [7, 11) is 0. The third-order valence-corrected chi connectivity index (χ3v) is 15.3. The van der Waals surface area contributed by atoms with Crippen LogP contribution in [0.25, 0.3) is 111 Å². The molecule has 1 aliphatic carbocycles. The molecule has 6 nitrogen and oxygen atoms in total. The van der Waals surface area contributed by atoms with Gasteiger partial charge in [-0.15, -0.1) is 0 Å². The third-order valence-electron chi connectivity index (χ3n) is 15.3. The standard InChI is InChI=1S/C69H46N6/c1-5-17-45(18-6-1)67-70-68(46-19-7-2-8-20-46)72-69(71-67)47-29-35-54(36-30-47)75-65-39-33-50(48-31-37-63-57(41-48)55-25-13-15-27-61(55)73(63)52-21-9-3-10-22-52)43-59(65)60-44-51(34-40-66(60)75)49-32-38-64-58(42-49)56-26-14-16-28-62(56)74(64)53-23-11-4-12-24-53/h1-44,55,61H. The van der Waals surface area contributed by atoms with Crippen LogP contribution in [0.2, 0.25) is 0 Å². The molecule has 3 aromatic heterocycles. The predicted octanol–water partition coefficient (Wildman–Crippen LogP) is 17.1. The molecule has 0 N–H and O–H groups in total. The van der Waals surface area contributed by atoms with Crippen LogP contribution in [0.3, 0.4) is 0 Å². The molecule has 0 amide bonds. The molecule has 6 heteroatoms. The lowest BCUT2D eigenvalue weighted by atomic mass is 9.89. The molecule has 4 heterocycles. The predicted molar refractivity (Wildman–Crippen MR) is 309 cm³/mol. The summed E-state index contributed by atoms with van der Waals surface area (Å²) in [5, 5.41) is 4.85. The molecule has 2 aliphatic rings. The molecule has 0 fully saturated rings. The summed E-state index contributed by atoms with van der Waals surface area (Å²) >= 11 is 0. The summed E-state index contributed by atoms with van der Waals surface area (Å²) < 4.78 is 4.78. The Hall–Kier alpha value is -9.91. The molecule has 0 bridgehead atoms. The van der Waals surface area contributed by atoms with Gasteiger partial charge in [0.1, 0.15) is 0 Å². The summed E-state index contributed by atoms with van der Waals surface area (Å²) in [5.74, 6) is 2.17. The number of anilines is 2. The highest BCUT2D eigenvalue weighted by Crippen LogP contribution is 2.49. The van der Waals surface area contributed by atoms with Crippen molar-refractivity contribution >= 4 is 55.0 Å². The highest BCUT2D eigenvalue weighted by atomic mass is 15.2. The molecule has 75 heavy (non-hydrogen) atoms. The van der Waals surface area contributed by atoms with Crippen molar-refractivity contribution in [2.24, 2.45) is 0 Å². The number of rotatable bonds is 8. The second-order valence-corrected chi connectivity index (χ2v) is 19.6. The van der Waals surface area contributed by atoms with Gasteiger partial charge in [0, 0.05) is 66.9 Å². The molecule has 2 unspecified atom stereocenters. The molecule has 13 aromatic rings. The van der Waals surface area contributed by atoms with Crippen LogP contribution >= 0.6 is 0 Å². The number of nitrogens with zero attached hydrogens (tertiary/aromatic N) is 6. The van der Waals surface area contributed by atoms with E-state index >= 15 is 0 Å². The number of benzene rings is 10. The van der Waals surface area contributed by atoms with Gasteiger partial charge in [-0.2, -0.15) is 0 Å². The Morgan fingerprint density at radius 2 is 0.693 bits per heavy atom. The molecule has 0 spiro atoms. The molecule has 10 aromatic carbocycles. The van der Waals surface area contributed by atoms with E-state index in [1.807, 2.05) is 60.7 Å². The lowest BCUT2D eigenvalue weighted by Gasteiger charge is -2.28. The van der Waals surface area contributed by atoms with Crippen molar-refractivity contribution < 1.29 is 0 Å². The van der Waals surface area contributed by atoms with Crippen LogP contribution in [-0.4, -0.2) is 30.1 Å². The maximum Gasteiger partial charge on any atom is 0.164 e. The minimum atomic E-state index is 0.226. The monoisotopic (exact) mass is 958 g/mol. The fraction of sp³-hybridized carbons (Fsp3) is 0.0290. The topological polar surface area (TPSA) is 51.8 Å². The van der Waals surface area contributed by atoms with Gasteiger partial charge in [-0.05, 0) is 131 Å². The fourth-order valence-corrected chi connectivity index (χ4v) is 11.8. The van der Waals surface area contributed by atoms with Crippen LogP contribution in [0.4, 0.5) is 11.4 Å². The molecule has 0 radical (unpaired) electrons. The van der Waals surface area contributed by atoms with Gasteiger partial charge < -0.3 is 14.0 Å². The molecule has 2 atom stereocenters. The molecule has 352 valence electrons. The quantitative estimate of drug-likeness (QED) is 0.152. The number of aromatic nitrogens is 5. The number of hydrogen-bond acceptors (Lipinski definition) is 4. The van der Waals surface area contributed by atoms with Gasteiger partial charge in [-0.1, -0.05) is 164 Å².